The Hall–Kier alpha value is -2.62. The molecule has 0 aromatic heterocycles. The highest BCUT2D eigenvalue weighted by atomic mass is 16.6. The zero-order valence-corrected chi connectivity index (χ0v) is 14.9. The Morgan fingerprint density at radius 1 is 1.08 bits per heavy atom. The summed E-state index contributed by atoms with van der Waals surface area (Å²) in [7, 11) is 0. The summed E-state index contributed by atoms with van der Waals surface area (Å²) in [5.41, 5.74) is 3.01. The second kappa shape index (κ2) is 6.71. The van der Waals surface area contributed by atoms with Crippen molar-refractivity contribution in [3.05, 3.63) is 65.2 Å². The van der Waals surface area contributed by atoms with Gasteiger partial charge < -0.3 is 4.74 Å². The summed E-state index contributed by atoms with van der Waals surface area (Å²) in [6.45, 7) is 7.03. The highest BCUT2D eigenvalue weighted by Crippen LogP contribution is 2.40. The number of rotatable bonds is 3. The summed E-state index contributed by atoms with van der Waals surface area (Å²) in [6.07, 6.45) is 0.494. The number of fused-ring (bicyclic) bond motifs is 1. The molecule has 0 aliphatic carbocycles. The minimum Gasteiger partial charge on any atom is -0.449 e. The van der Waals surface area contributed by atoms with E-state index in [1.165, 1.54) is 0 Å². The van der Waals surface area contributed by atoms with Crippen molar-refractivity contribution in [1.82, 2.24) is 0 Å². The molecule has 2 aromatic rings. The molecule has 0 saturated heterocycles. The SMILES string of the molecule is CCOC(=O)N1CCC(C)(C)c2ccc(C(=O)c3ccccc3)cc21. The molecule has 0 N–H and O–H groups in total. The van der Waals surface area contributed by atoms with E-state index in [4.69, 9.17) is 4.74 Å². The Labute approximate surface area is 148 Å². The first-order chi connectivity index (χ1) is 11.9. The average Bonchev–Trinajstić information content (AvgIpc) is 2.61. The van der Waals surface area contributed by atoms with Crippen molar-refractivity contribution >= 4 is 17.6 Å². The van der Waals surface area contributed by atoms with Gasteiger partial charge in [-0.3, -0.25) is 9.69 Å². The van der Waals surface area contributed by atoms with E-state index in [1.54, 1.807) is 24.0 Å². The number of carbonyl (C=O) groups is 2. The first-order valence-electron chi connectivity index (χ1n) is 8.62. The molecule has 1 amide bonds. The third-order valence-electron chi connectivity index (χ3n) is 4.76. The van der Waals surface area contributed by atoms with Crippen LogP contribution < -0.4 is 4.90 Å². The van der Waals surface area contributed by atoms with E-state index in [-0.39, 0.29) is 17.3 Å². The van der Waals surface area contributed by atoms with Crippen molar-refractivity contribution in [1.29, 1.82) is 0 Å². The van der Waals surface area contributed by atoms with E-state index in [0.29, 0.717) is 24.3 Å². The van der Waals surface area contributed by atoms with Crippen LogP contribution in [0.5, 0.6) is 0 Å². The maximum absolute atomic E-state index is 12.8. The largest absolute Gasteiger partial charge is 0.449 e. The molecular weight excluding hydrogens is 314 g/mol. The molecule has 4 nitrogen and oxygen atoms in total. The van der Waals surface area contributed by atoms with Crippen LogP contribution in [0.2, 0.25) is 0 Å². The summed E-state index contributed by atoms with van der Waals surface area (Å²) in [5, 5.41) is 0. The standard InChI is InChI=1S/C21H23NO3/c1-4-25-20(24)22-13-12-21(2,3)17-11-10-16(14-18(17)22)19(23)15-8-6-5-7-9-15/h5-11,14H,4,12-13H2,1-3H3. The highest BCUT2D eigenvalue weighted by molar-refractivity contribution is 6.10. The van der Waals surface area contributed by atoms with Crippen LogP contribution in [0.1, 0.15) is 48.7 Å². The van der Waals surface area contributed by atoms with Gasteiger partial charge in [-0.25, -0.2) is 4.79 Å². The molecule has 0 fully saturated rings. The maximum atomic E-state index is 12.8. The van der Waals surface area contributed by atoms with Crippen molar-refractivity contribution in [2.45, 2.75) is 32.6 Å². The van der Waals surface area contributed by atoms with Gasteiger partial charge in [-0.15, -0.1) is 0 Å². The van der Waals surface area contributed by atoms with Gasteiger partial charge in [-0.2, -0.15) is 0 Å². The van der Waals surface area contributed by atoms with E-state index in [2.05, 4.69) is 13.8 Å². The van der Waals surface area contributed by atoms with Gasteiger partial charge in [0.25, 0.3) is 0 Å². The molecule has 0 saturated carbocycles. The highest BCUT2D eigenvalue weighted by Gasteiger charge is 2.34. The topological polar surface area (TPSA) is 46.6 Å². The molecule has 130 valence electrons. The fourth-order valence-corrected chi connectivity index (χ4v) is 3.26. The summed E-state index contributed by atoms with van der Waals surface area (Å²) in [6, 6.07) is 14.8. The second-order valence-electron chi connectivity index (χ2n) is 6.91. The van der Waals surface area contributed by atoms with E-state index < -0.39 is 0 Å². The maximum Gasteiger partial charge on any atom is 0.414 e. The summed E-state index contributed by atoms with van der Waals surface area (Å²) in [4.78, 5) is 26.7. The molecule has 1 aliphatic rings. The van der Waals surface area contributed by atoms with Crippen molar-refractivity contribution in [2.24, 2.45) is 0 Å². The number of hydrogen-bond acceptors (Lipinski definition) is 3. The number of anilines is 1. The first-order valence-corrected chi connectivity index (χ1v) is 8.62. The fourth-order valence-electron chi connectivity index (χ4n) is 3.26. The summed E-state index contributed by atoms with van der Waals surface area (Å²) < 4.78 is 5.19. The predicted octanol–water partition coefficient (Wildman–Crippen LogP) is 4.56. The number of benzene rings is 2. The Morgan fingerprint density at radius 2 is 1.80 bits per heavy atom. The lowest BCUT2D eigenvalue weighted by atomic mass is 9.77. The minimum absolute atomic E-state index is 0.0458. The lowest BCUT2D eigenvalue weighted by Gasteiger charge is -2.38. The van der Waals surface area contributed by atoms with E-state index in [9.17, 15) is 9.59 Å². The average molecular weight is 337 g/mol. The van der Waals surface area contributed by atoms with Gasteiger partial charge in [0.2, 0.25) is 0 Å². The fraction of sp³-hybridized carbons (Fsp3) is 0.333. The van der Waals surface area contributed by atoms with Crippen LogP contribution in [0.3, 0.4) is 0 Å². The quantitative estimate of drug-likeness (QED) is 0.771. The van der Waals surface area contributed by atoms with Crippen LogP contribution in [0, 0.1) is 0 Å². The van der Waals surface area contributed by atoms with Gasteiger partial charge in [0.1, 0.15) is 0 Å². The van der Waals surface area contributed by atoms with Crippen LogP contribution >= 0.6 is 0 Å². The molecule has 25 heavy (non-hydrogen) atoms. The van der Waals surface area contributed by atoms with Gasteiger partial charge >= 0.3 is 6.09 Å². The van der Waals surface area contributed by atoms with Gasteiger partial charge in [-0.1, -0.05) is 56.3 Å². The molecule has 0 unspecified atom stereocenters. The van der Waals surface area contributed by atoms with E-state index in [0.717, 1.165) is 17.7 Å². The van der Waals surface area contributed by atoms with E-state index >= 15 is 0 Å². The number of amides is 1. The number of nitrogens with zero attached hydrogens (tertiary/aromatic N) is 1. The number of ether oxygens (including phenoxy) is 1. The second-order valence-corrected chi connectivity index (χ2v) is 6.91. The Morgan fingerprint density at radius 3 is 2.48 bits per heavy atom. The Bertz CT molecular complexity index is 796. The number of carbonyl (C=O) groups excluding carboxylic acids is 2. The van der Waals surface area contributed by atoms with Crippen molar-refractivity contribution in [2.75, 3.05) is 18.1 Å². The molecule has 0 bridgehead atoms. The molecule has 0 atom stereocenters. The molecule has 1 heterocycles. The molecule has 1 aliphatic heterocycles. The zero-order chi connectivity index (χ0) is 18.0. The van der Waals surface area contributed by atoms with Crippen molar-refractivity contribution in [3.63, 3.8) is 0 Å². The normalized spacial score (nSPS) is 15.4. The Kier molecular flexibility index (Phi) is 4.62. The van der Waals surface area contributed by atoms with Gasteiger partial charge in [0.05, 0.1) is 12.3 Å². The molecule has 0 spiro atoms. The van der Waals surface area contributed by atoms with Crippen LogP contribution in [0.25, 0.3) is 0 Å². The third kappa shape index (κ3) is 3.29. The molecular formula is C21H23NO3. The molecule has 0 radical (unpaired) electrons. The van der Waals surface area contributed by atoms with Crippen LogP contribution in [-0.2, 0) is 10.2 Å². The van der Waals surface area contributed by atoms with Crippen molar-refractivity contribution in [3.8, 4) is 0 Å². The monoisotopic (exact) mass is 337 g/mol. The lowest BCUT2D eigenvalue weighted by Crippen LogP contribution is -2.41. The molecule has 3 rings (SSSR count). The minimum atomic E-state index is -0.358. The van der Waals surface area contributed by atoms with Crippen molar-refractivity contribution < 1.29 is 14.3 Å². The van der Waals surface area contributed by atoms with E-state index in [1.807, 2.05) is 36.4 Å². The lowest BCUT2D eigenvalue weighted by molar-refractivity contribution is 0.103. The first kappa shape index (κ1) is 17.2. The predicted molar refractivity (Wildman–Crippen MR) is 98.3 cm³/mol. The van der Waals surface area contributed by atoms with Crippen LogP contribution in [-0.4, -0.2) is 25.0 Å². The molecule has 4 heteroatoms. The third-order valence-corrected chi connectivity index (χ3v) is 4.76. The smallest absolute Gasteiger partial charge is 0.414 e. The summed E-state index contributed by atoms with van der Waals surface area (Å²) in [5.74, 6) is -0.0458. The number of hydrogen-bond donors (Lipinski definition) is 0. The van der Waals surface area contributed by atoms with Gasteiger partial charge in [0, 0.05) is 17.7 Å². The van der Waals surface area contributed by atoms with Crippen LogP contribution in [0.4, 0.5) is 10.5 Å². The zero-order valence-electron chi connectivity index (χ0n) is 14.9. The van der Waals surface area contributed by atoms with Gasteiger partial charge in [0.15, 0.2) is 5.78 Å². The Balaban J connectivity index is 2.04. The number of ketones is 1. The van der Waals surface area contributed by atoms with Crippen LogP contribution in [0.15, 0.2) is 48.5 Å². The summed E-state index contributed by atoms with van der Waals surface area (Å²) >= 11 is 0. The van der Waals surface area contributed by atoms with Gasteiger partial charge in [-0.05, 0) is 30.4 Å². The molecule has 2 aromatic carbocycles.